The molecule has 0 saturated carbocycles. The van der Waals surface area contributed by atoms with Crippen LogP contribution in [0.1, 0.15) is 34.7 Å². The van der Waals surface area contributed by atoms with Crippen molar-refractivity contribution >= 4 is 26.8 Å². The summed E-state index contributed by atoms with van der Waals surface area (Å²) in [4.78, 5) is 18.3. The minimum atomic E-state index is -3.58. The molecule has 31 heavy (non-hydrogen) atoms. The van der Waals surface area contributed by atoms with Gasteiger partial charge in [0.25, 0.3) is 5.91 Å². The number of nitrogens with one attached hydrogen (secondary N) is 1. The van der Waals surface area contributed by atoms with Crippen LogP contribution in [0, 0.1) is 0 Å². The quantitative estimate of drug-likeness (QED) is 0.657. The summed E-state index contributed by atoms with van der Waals surface area (Å²) in [6, 6.07) is 12.3. The molecule has 164 valence electrons. The summed E-state index contributed by atoms with van der Waals surface area (Å²) in [5.74, 6) is 1.05. The first kappa shape index (κ1) is 21.4. The van der Waals surface area contributed by atoms with Crippen LogP contribution in [0.2, 0.25) is 0 Å². The molecule has 3 aromatic rings. The van der Waals surface area contributed by atoms with Crippen LogP contribution < -0.4 is 4.74 Å². The minimum absolute atomic E-state index is 0.130. The number of hydrogen-bond acceptors (Lipinski definition) is 4. The second-order valence-electron chi connectivity index (χ2n) is 8.04. The number of amides is 1. The molecular formula is C23H27N3O4S. The van der Waals surface area contributed by atoms with Gasteiger partial charge in [-0.25, -0.2) is 12.7 Å². The van der Waals surface area contributed by atoms with Gasteiger partial charge >= 0.3 is 0 Å². The summed E-state index contributed by atoms with van der Waals surface area (Å²) in [5.41, 5.74) is 2.73. The number of benzene rings is 2. The third kappa shape index (κ3) is 4.05. The van der Waals surface area contributed by atoms with Crippen molar-refractivity contribution in [3.05, 3.63) is 59.8 Å². The fourth-order valence-corrected chi connectivity index (χ4v) is 5.11. The highest BCUT2D eigenvalue weighted by Crippen LogP contribution is 2.35. The Labute approximate surface area is 182 Å². The first-order chi connectivity index (χ1) is 14.8. The van der Waals surface area contributed by atoms with Crippen molar-refractivity contribution in [2.45, 2.75) is 23.7 Å². The molecule has 0 atom stereocenters. The van der Waals surface area contributed by atoms with E-state index in [0.717, 1.165) is 33.8 Å². The van der Waals surface area contributed by atoms with Gasteiger partial charge in [0.05, 0.1) is 12.0 Å². The van der Waals surface area contributed by atoms with Gasteiger partial charge in [0.15, 0.2) is 0 Å². The fourth-order valence-electron chi connectivity index (χ4n) is 4.16. The van der Waals surface area contributed by atoms with Gasteiger partial charge in [-0.15, -0.1) is 0 Å². The molecular weight excluding hydrogens is 414 g/mol. The van der Waals surface area contributed by atoms with Crippen LogP contribution in [0.15, 0.2) is 53.6 Å². The molecule has 1 fully saturated rings. The van der Waals surface area contributed by atoms with Crippen molar-refractivity contribution in [3.63, 3.8) is 0 Å². The van der Waals surface area contributed by atoms with Gasteiger partial charge in [-0.3, -0.25) is 4.79 Å². The number of methoxy groups -OCH3 is 1. The number of nitrogens with zero attached hydrogens (tertiary/aromatic N) is 2. The van der Waals surface area contributed by atoms with Gasteiger partial charge in [-0.05, 0) is 60.7 Å². The topological polar surface area (TPSA) is 82.7 Å². The Kier molecular flexibility index (Phi) is 5.77. The number of carbonyl (C=O) groups is 1. The largest absolute Gasteiger partial charge is 0.497 e. The van der Waals surface area contributed by atoms with E-state index < -0.39 is 10.0 Å². The maximum absolute atomic E-state index is 13.0. The minimum Gasteiger partial charge on any atom is -0.497 e. The first-order valence-corrected chi connectivity index (χ1v) is 11.7. The van der Waals surface area contributed by atoms with Gasteiger partial charge in [0.1, 0.15) is 5.75 Å². The Morgan fingerprint density at radius 3 is 2.55 bits per heavy atom. The van der Waals surface area contributed by atoms with Crippen LogP contribution in [0.5, 0.6) is 5.75 Å². The van der Waals surface area contributed by atoms with Crippen LogP contribution in [-0.4, -0.2) is 62.8 Å². The van der Waals surface area contributed by atoms with Crippen LogP contribution in [-0.2, 0) is 10.0 Å². The van der Waals surface area contributed by atoms with E-state index in [-0.39, 0.29) is 10.8 Å². The number of likely N-dealkylation sites (tertiary alicyclic amines) is 1. The number of sulfonamides is 1. The van der Waals surface area contributed by atoms with Crippen molar-refractivity contribution < 1.29 is 17.9 Å². The Morgan fingerprint density at radius 1 is 1.13 bits per heavy atom. The van der Waals surface area contributed by atoms with E-state index in [1.54, 1.807) is 19.2 Å². The lowest BCUT2D eigenvalue weighted by atomic mass is 9.89. The molecule has 1 N–H and O–H groups in total. The van der Waals surface area contributed by atoms with Gasteiger partial charge in [-0.1, -0.05) is 6.07 Å². The zero-order valence-corrected chi connectivity index (χ0v) is 18.8. The molecule has 1 aromatic heterocycles. The molecule has 0 unspecified atom stereocenters. The zero-order valence-electron chi connectivity index (χ0n) is 18.0. The molecule has 1 aliphatic rings. The Hall–Kier alpha value is -2.84. The molecule has 2 heterocycles. The number of rotatable bonds is 5. The summed E-state index contributed by atoms with van der Waals surface area (Å²) < 4.78 is 31.3. The number of aromatic nitrogens is 1. The van der Waals surface area contributed by atoms with E-state index >= 15 is 0 Å². The van der Waals surface area contributed by atoms with Gasteiger partial charge in [-0.2, -0.15) is 0 Å². The second-order valence-corrected chi connectivity index (χ2v) is 10.2. The fraction of sp³-hybridized carbons (Fsp3) is 0.348. The molecule has 7 nitrogen and oxygen atoms in total. The Balaban J connectivity index is 1.49. The number of ether oxygens (including phenoxy) is 1. The molecule has 8 heteroatoms. The van der Waals surface area contributed by atoms with E-state index in [9.17, 15) is 13.2 Å². The average Bonchev–Trinajstić information content (AvgIpc) is 3.21. The molecule has 0 radical (unpaired) electrons. The van der Waals surface area contributed by atoms with E-state index in [4.69, 9.17) is 4.74 Å². The summed E-state index contributed by atoms with van der Waals surface area (Å²) in [6.07, 6.45) is 3.76. The highest BCUT2D eigenvalue weighted by atomic mass is 32.2. The van der Waals surface area contributed by atoms with Crippen molar-refractivity contribution in [2.24, 2.45) is 0 Å². The number of carbonyl (C=O) groups excluding carboxylic acids is 1. The van der Waals surface area contributed by atoms with Crippen LogP contribution in [0.4, 0.5) is 0 Å². The summed E-state index contributed by atoms with van der Waals surface area (Å²) in [7, 11) is 1.05. The van der Waals surface area contributed by atoms with Gasteiger partial charge in [0, 0.05) is 49.8 Å². The van der Waals surface area contributed by atoms with Gasteiger partial charge in [0.2, 0.25) is 10.0 Å². The van der Waals surface area contributed by atoms with Crippen LogP contribution in [0.3, 0.4) is 0 Å². The van der Waals surface area contributed by atoms with E-state index in [2.05, 4.69) is 17.2 Å². The molecule has 4 rings (SSSR count). The van der Waals surface area contributed by atoms with Crippen LogP contribution in [0.25, 0.3) is 10.9 Å². The van der Waals surface area contributed by atoms with E-state index in [0.29, 0.717) is 24.6 Å². The molecule has 0 bridgehead atoms. The normalized spacial score (nSPS) is 15.5. The van der Waals surface area contributed by atoms with E-state index in [1.165, 1.54) is 31.8 Å². The lowest BCUT2D eigenvalue weighted by Gasteiger charge is -2.32. The first-order valence-electron chi connectivity index (χ1n) is 10.3. The van der Waals surface area contributed by atoms with Crippen molar-refractivity contribution in [1.82, 2.24) is 14.2 Å². The Bertz CT molecular complexity index is 1210. The molecule has 0 spiro atoms. The molecule has 1 saturated heterocycles. The maximum atomic E-state index is 13.0. The predicted molar refractivity (Wildman–Crippen MR) is 120 cm³/mol. The second kappa shape index (κ2) is 8.36. The molecule has 1 aliphatic heterocycles. The maximum Gasteiger partial charge on any atom is 0.253 e. The number of H-pyrrole nitrogens is 1. The number of fused-ring (bicyclic) bond motifs is 1. The third-order valence-corrected chi connectivity index (χ3v) is 7.81. The smallest absolute Gasteiger partial charge is 0.253 e. The lowest BCUT2D eigenvalue weighted by Crippen LogP contribution is -2.38. The molecule has 2 aromatic carbocycles. The summed E-state index contributed by atoms with van der Waals surface area (Å²) in [6.45, 7) is 1.26. The number of aromatic amines is 1. The predicted octanol–water partition coefficient (Wildman–Crippen LogP) is 3.45. The molecule has 1 amide bonds. The lowest BCUT2D eigenvalue weighted by molar-refractivity contribution is 0.0713. The zero-order chi connectivity index (χ0) is 22.2. The number of piperidine rings is 1. The van der Waals surface area contributed by atoms with Crippen molar-refractivity contribution in [2.75, 3.05) is 34.3 Å². The van der Waals surface area contributed by atoms with Gasteiger partial charge < -0.3 is 14.6 Å². The highest BCUT2D eigenvalue weighted by Gasteiger charge is 2.27. The summed E-state index contributed by atoms with van der Waals surface area (Å²) >= 11 is 0. The van der Waals surface area contributed by atoms with Crippen molar-refractivity contribution in [3.8, 4) is 5.75 Å². The highest BCUT2D eigenvalue weighted by molar-refractivity contribution is 7.89. The standard InChI is InChI=1S/C23H27N3O4S/c1-25(2)31(28,29)19-6-4-5-17(13-19)23(27)26-11-9-16(10-12-26)21-15-24-22-8-7-18(30-3)14-20(21)22/h4-8,13-16,24H,9-12H2,1-3H3. The van der Waals surface area contributed by atoms with E-state index in [1.807, 2.05) is 17.0 Å². The Morgan fingerprint density at radius 2 is 1.87 bits per heavy atom. The third-order valence-electron chi connectivity index (χ3n) is 6.00. The summed E-state index contributed by atoms with van der Waals surface area (Å²) in [5, 5.41) is 1.16. The average molecular weight is 442 g/mol. The molecule has 0 aliphatic carbocycles. The van der Waals surface area contributed by atoms with Crippen LogP contribution >= 0.6 is 0 Å². The number of hydrogen-bond donors (Lipinski definition) is 1. The van der Waals surface area contributed by atoms with Crippen molar-refractivity contribution in [1.29, 1.82) is 0 Å². The SMILES string of the molecule is COc1ccc2[nH]cc(C3CCN(C(=O)c4cccc(S(=O)(=O)N(C)C)c4)CC3)c2c1. The monoisotopic (exact) mass is 441 g/mol.